The third-order valence-corrected chi connectivity index (χ3v) is 5.41. The average Bonchev–Trinajstić information content (AvgIpc) is 2.88. The summed E-state index contributed by atoms with van der Waals surface area (Å²) >= 11 is 0. The van der Waals surface area contributed by atoms with Crippen molar-refractivity contribution in [2.75, 3.05) is 45.9 Å². The molecule has 0 aromatic heterocycles. The van der Waals surface area contributed by atoms with E-state index in [9.17, 15) is 38.7 Å². The Kier molecular flexibility index (Phi) is 19.9. The lowest BCUT2D eigenvalue weighted by Crippen LogP contribution is -2.41. The van der Waals surface area contributed by atoms with Gasteiger partial charge in [-0.15, -0.1) is 0 Å². The molecule has 17 heteroatoms. The second-order valence-corrected chi connectivity index (χ2v) is 10.5. The van der Waals surface area contributed by atoms with Crippen LogP contribution in [0.1, 0.15) is 59.3 Å². The second kappa shape index (κ2) is 21.8. The molecule has 17 nitrogen and oxygen atoms in total. The minimum Gasteiger partial charge on any atom is -0.480 e. The lowest BCUT2D eigenvalue weighted by molar-refractivity contribution is -0.166. The van der Waals surface area contributed by atoms with E-state index in [4.69, 9.17) is 19.7 Å². The Labute approximate surface area is 249 Å². The van der Waals surface area contributed by atoms with Crippen molar-refractivity contribution in [3.63, 3.8) is 0 Å². The minimum absolute atomic E-state index is 0.114. The highest BCUT2D eigenvalue weighted by Crippen LogP contribution is 2.07. The molecule has 0 fully saturated rings. The number of hydrogen-bond acceptors (Lipinski definition) is 12. The Morgan fingerprint density at radius 3 is 1.53 bits per heavy atom. The Hall–Kier alpha value is -3.83. The SMILES string of the molecule is CC(C)(C)OC(=O)COC(=O)CNC(CCCCNC(=O)CNCC(=O)NCCCCC(NCC(=O)O)C(=O)O)C(=O)O. The number of carboxylic acids is 3. The number of amides is 2. The zero-order valence-corrected chi connectivity index (χ0v) is 24.9. The van der Waals surface area contributed by atoms with E-state index in [2.05, 4.69) is 26.6 Å². The Morgan fingerprint density at radius 2 is 1.12 bits per heavy atom. The highest BCUT2D eigenvalue weighted by molar-refractivity contribution is 5.81. The molecular formula is C26H45N5O12. The quantitative estimate of drug-likeness (QED) is 0.0438. The van der Waals surface area contributed by atoms with Gasteiger partial charge < -0.3 is 35.4 Å². The van der Waals surface area contributed by atoms with Crippen LogP contribution in [0.3, 0.4) is 0 Å². The molecule has 0 saturated carbocycles. The molecule has 8 N–H and O–H groups in total. The predicted octanol–water partition coefficient (Wildman–Crippen LogP) is -1.80. The Bertz CT molecular complexity index is 938. The summed E-state index contributed by atoms with van der Waals surface area (Å²) < 4.78 is 9.78. The predicted molar refractivity (Wildman–Crippen MR) is 150 cm³/mol. The normalized spacial score (nSPS) is 12.4. The van der Waals surface area contributed by atoms with E-state index in [-0.39, 0.29) is 50.8 Å². The molecule has 0 bridgehead atoms. The lowest BCUT2D eigenvalue weighted by Gasteiger charge is -2.19. The van der Waals surface area contributed by atoms with Crippen molar-refractivity contribution >= 4 is 41.7 Å². The van der Waals surface area contributed by atoms with Crippen molar-refractivity contribution in [1.29, 1.82) is 0 Å². The highest BCUT2D eigenvalue weighted by Gasteiger charge is 2.21. The van der Waals surface area contributed by atoms with Crippen molar-refractivity contribution in [3.8, 4) is 0 Å². The average molecular weight is 620 g/mol. The summed E-state index contributed by atoms with van der Waals surface area (Å²) in [5.41, 5.74) is -0.727. The molecule has 2 atom stereocenters. The fourth-order valence-electron chi connectivity index (χ4n) is 3.42. The second-order valence-electron chi connectivity index (χ2n) is 10.5. The first-order valence-corrected chi connectivity index (χ1v) is 13.9. The number of carbonyl (C=O) groups is 7. The summed E-state index contributed by atoms with van der Waals surface area (Å²) in [5.74, 6) is -5.71. The van der Waals surface area contributed by atoms with Crippen molar-refractivity contribution in [2.24, 2.45) is 0 Å². The highest BCUT2D eigenvalue weighted by atomic mass is 16.6. The molecule has 246 valence electrons. The van der Waals surface area contributed by atoms with Crippen LogP contribution in [0.5, 0.6) is 0 Å². The van der Waals surface area contributed by atoms with E-state index >= 15 is 0 Å². The summed E-state index contributed by atoms with van der Waals surface area (Å²) in [6.45, 7) is 3.88. The fourth-order valence-corrected chi connectivity index (χ4v) is 3.42. The summed E-state index contributed by atoms with van der Waals surface area (Å²) in [5, 5.41) is 40.0. The number of esters is 2. The summed E-state index contributed by atoms with van der Waals surface area (Å²) in [4.78, 5) is 80.2. The van der Waals surface area contributed by atoms with Gasteiger partial charge in [-0.3, -0.25) is 44.7 Å². The van der Waals surface area contributed by atoms with Crippen LogP contribution in [0.15, 0.2) is 0 Å². The third kappa shape index (κ3) is 23.4. The minimum atomic E-state index is -1.16. The van der Waals surface area contributed by atoms with Gasteiger partial charge in [-0.25, -0.2) is 4.79 Å². The zero-order chi connectivity index (χ0) is 32.8. The van der Waals surface area contributed by atoms with Crippen LogP contribution in [0.2, 0.25) is 0 Å². The topological polar surface area (TPSA) is 259 Å². The summed E-state index contributed by atoms with van der Waals surface area (Å²) in [6, 6.07) is -2.02. The van der Waals surface area contributed by atoms with Crippen LogP contribution in [-0.2, 0) is 43.0 Å². The molecule has 0 aromatic carbocycles. The molecule has 2 amide bonds. The first kappa shape index (κ1) is 39.2. The van der Waals surface area contributed by atoms with E-state index in [0.29, 0.717) is 25.7 Å². The van der Waals surface area contributed by atoms with E-state index < -0.39 is 67.2 Å². The van der Waals surface area contributed by atoms with Gasteiger partial charge in [0, 0.05) is 13.1 Å². The molecule has 0 spiro atoms. The van der Waals surface area contributed by atoms with Gasteiger partial charge in [-0.1, -0.05) is 0 Å². The van der Waals surface area contributed by atoms with Gasteiger partial charge in [0.1, 0.15) is 17.7 Å². The Balaban J connectivity index is 3.98. The largest absolute Gasteiger partial charge is 0.480 e. The van der Waals surface area contributed by atoms with Crippen LogP contribution in [-0.4, -0.2) is 121 Å². The van der Waals surface area contributed by atoms with Gasteiger partial charge in [0.05, 0.1) is 26.2 Å². The van der Waals surface area contributed by atoms with Crippen molar-refractivity contribution in [2.45, 2.75) is 77.0 Å². The maximum Gasteiger partial charge on any atom is 0.344 e. The van der Waals surface area contributed by atoms with Crippen LogP contribution in [0.4, 0.5) is 0 Å². The van der Waals surface area contributed by atoms with Crippen LogP contribution >= 0.6 is 0 Å². The number of rotatable bonds is 24. The molecule has 0 aliphatic heterocycles. The summed E-state index contributed by atoms with van der Waals surface area (Å²) in [7, 11) is 0. The number of carbonyl (C=O) groups excluding carboxylic acids is 4. The number of unbranched alkanes of at least 4 members (excludes halogenated alkanes) is 2. The molecule has 0 aliphatic rings. The van der Waals surface area contributed by atoms with Gasteiger partial charge in [-0.2, -0.15) is 0 Å². The number of ether oxygens (including phenoxy) is 2. The first-order chi connectivity index (χ1) is 20.1. The number of carboxylic acid groups (broad SMARTS) is 3. The molecule has 0 rings (SSSR count). The van der Waals surface area contributed by atoms with Crippen molar-refractivity contribution < 1.29 is 58.4 Å². The molecular weight excluding hydrogens is 574 g/mol. The van der Waals surface area contributed by atoms with Gasteiger partial charge in [0.25, 0.3) is 0 Å². The van der Waals surface area contributed by atoms with Crippen LogP contribution < -0.4 is 26.6 Å². The van der Waals surface area contributed by atoms with Gasteiger partial charge in [-0.05, 0) is 59.3 Å². The van der Waals surface area contributed by atoms with Crippen molar-refractivity contribution in [1.82, 2.24) is 26.6 Å². The molecule has 0 radical (unpaired) electrons. The molecule has 2 unspecified atom stereocenters. The molecule has 43 heavy (non-hydrogen) atoms. The van der Waals surface area contributed by atoms with Crippen LogP contribution in [0, 0.1) is 0 Å². The van der Waals surface area contributed by atoms with E-state index in [0.717, 1.165) is 0 Å². The standard InChI is InChI=1S/C26H45N5O12/c1-26(2,3)43-23(37)16-42-22(36)15-31-18(25(40)41)9-5-7-11-29-20(33)13-27-12-19(32)28-10-6-4-8-17(24(38)39)30-14-21(34)35/h17-18,27,30-31H,4-16H2,1-3H3,(H,28,32)(H,29,33)(H,34,35)(H,38,39)(H,40,41). The number of hydrogen-bond donors (Lipinski definition) is 8. The smallest absolute Gasteiger partial charge is 0.344 e. The van der Waals surface area contributed by atoms with Crippen LogP contribution in [0.25, 0.3) is 0 Å². The fraction of sp³-hybridized carbons (Fsp3) is 0.731. The molecule has 0 aliphatic carbocycles. The third-order valence-electron chi connectivity index (χ3n) is 5.41. The maximum atomic E-state index is 11.9. The molecule has 0 heterocycles. The van der Waals surface area contributed by atoms with Gasteiger partial charge in [0.2, 0.25) is 11.8 Å². The van der Waals surface area contributed by atoms with Gasteiger partial charge >= 0.3 is 29.8 Å². The number of nitrogens with one attached hydrogen (secondary N) is 5. The first-order valence-electron chi connectivity index (χ1n) is 13.9. The van der Waals surface area contributed by atoms with E-state index in [1.807, 2.05) is 0 Å². The van der Waals surface area contributed by atoms with Gasteiger partial charge in [0.15, 0.2) is 6.61 Å². The van der Waals surface area contributed by atoms with E-state index in [1.165, 1.54) is 0 Å². The Morgan fingerprint density at radius 1 is 0.651 bits per heavy atom. The maximum absolute atomic E-state index is 11.9. The zero-order valence-electron chi connectivity index (χ0n) is 24.9. The van der Waals surface area contributed by atoms with E-state index in [1.54, 1.807) is 20.8 Å². The number of aliphatic carboxylic acids is 3. The molecule has 0 saturated heterocycles. The lowest BCUT2D eigenvalue weighted by atomic mass is 10.1. The summed E-state index contributed by atoms with van der Waals surface area (Å²) in [6.07, 6.45) is 2.22. The monoisotopic (exact) mass is 619 g/mol. The van der Waals surface area contributed by atoms with Crippen molar-refractivity contribution in [3.05, 3.63) is 0 Å². The molecule has 0 aromatic rings.